The number of likely N-dealkylation sites (tertiary alicyclic amines) is 1. The smallest absolute Gasteiger partial charge is 0.00419 e. The Hall–Kier alpha value is -0.0800. The molecule has 1 N–H and O–H groups in total. The first kappa shape index (κ1) is 12.4. The first-order valence-electron chi connectivity index (χ1n) is 7.12. The molecule has 0 radical (unpaired) electrons. The van der Waals surface area contributed by atoms with E-state index in [1.54, 1.807) is 0 Å². The molecule has 2 rings (SSSR count). The molecule has 0 aliphatic carbocycles. The Morgan fingerprint density at radius 3 is 2.75 bits per heavy atom. The summed E-state index contributed by atoms with van der Waals surface area (Å²) in [4.78, 5) is 2.67. The standard InChI is InChI=1S/C14H28N2/c1-11(2)16-6-4-5-13(10-16)8-14-7-12(3)15-9-14/h11-15H,4-10H2,1-3H3. The van der Waals surface area contributed by atoms with Gasteiger partial charge in [0.1, 0.15) is 0 Å². The zero-order valence-electron chi connectivity index (χ0n) is 11.2. The van der Waals surface area contributed by atoms with E-state index in [1.165, 1.54) is 45.3 Å². The van der Waals surface area contributed by atoms with E-state index in [0.717, 1.165) is 23.9 Å². The van der Waals surface area contributed by atoms with E-state index in [4.69, 9.17) is 0 Å². The molecule has 2 saturated heterocycles. The van der Waals surface area contributed by atoms with Crippen LogP contribution in [0.4, 0.5) is 0 Å². The summed E-state index contributed by atoms with van der Waals surface area (Å²) in [7, 11) is 0. The quantitative estimate of drug-likeness (QED) is 0.792. The van der Waals surface area contributed by atoms with Crippen molar-refractivity contribution in [2.45, 2.75) is 58.5 Å². The van der Waals surface area contributed by atoms with Crippen molar-refractivity contribution in [3.63, 3.8) is 0 Å². The lowest BCUT2D eigenvalue weighted by Crippen LogP contribution is -2.40. The van der Waals surface area contributed by atoms with Gasteiger partial charge in [0, 0.05) is 18.6 Å². The van der Waals surface area contributed by atoms with Crippen LogP contribution in [0.1, 0.15) is 46.5 Å². The van der Waals surface area contributed by atoms with E-state index in [0.29, 0.717) is 0 Å². The molecular weight excluding hydrogens is 196 g/mol. The zero-order chi connectivity index (χ0) is 11.5. The Labute approximate surface area is 101 Å². The molecule has 16 heavy (non-hydrogen) atoms. The van der Waals surface area contributed by atoms with Crippen molar-refractivity contribution in [2.24, 2.45) is 11.8 Å². The lowest BCUT2D eigenvalue weighted by atomic mass is 9.87. The van der Waals surface area contributed by atoms with Crippen LogP contribution in [0.2, 0.25) is 0 Å². The molecule has 2 aliphatic heterocycles. The fourth-order valence-electron chi connectivity index (χ4n) is 3.44. The molecule has 94 valence electrons. The van der Waals surface area contributed by atoms with Gasteiger partial charge < -0.3 is 10.2 Å². The van der Waals surface area contributed by atoms with Crippen LogP contribution in [0.3, 0.4) is 0 Å². The Morgan fingerprint density at radius 1 is 1.31 bits per heavy atom. The molecule has 2 heterocycles. The minimum absolute atomic E-state index is 0.739. The van der Waals surface area contributed by atoms with Crippen LogP contribution in [0, 0.1) is 11.8 Å². The topological polar surface area (TPSA) is 15.3 Å². The largest absolute Gasteiger partial charge is 0.314 e. The van der Waals surface area contributed by atoms with Crippen molar-refractivity contribution < 1.29 is 0 Å². The molecule has 0 saturated carbocycles. The van der Waals surface area contributed by atoms with Crippen molar-refractivity contribution in [3.8, 4) is 0 Å². The fraction of sp³-hybridized carbons (Fsp3) is 1.00. The zero-order valence-corrected chi connectivity index (χ0v) is 11.2. The van der Waals surface area contributed by atoms with Gasteiger partial charge in [-0.25, -0.2) is 0 Å². The highest BCUT2D eigenvalue weighted by atomic mass is 15.2. The predicted molar refractivity (Wildman–Crippen MR) is 69.6 cm³/mol. The Bertz CT molecular complexity index is 215. The highest BCUT2D eigenvalue weighted by molar-refractivity contribution is 4.83. The molecule has 3 atom stereocenters. The van der Waals surface area contributed by atoms with E-state index < -0.39 is 0 Å². The van der Waals surface area contributed by atoms with E-state index in [2.05, 4.69) is 31.0 Å². The normalized spacial score (nSPS) is 37.1. The van der Waals surface area contributed by atoms with Gasteiger partial charge in [-0.1, -0.05) is 0 Å². The van der Waals surface area contributed by atoms with Gasteiger partial charge in [-0.2, -0.15) is 0 Å². The summed E-state index contributed by atoms with van der Waals surface area (Å²) in [6.07, 6.45) is 5.74. The molecule has 0 spiro atoms. The second kappa shape index (κ2) is 5.50. The molecule has 0 amide bonds. The van der Waals surface area contributed by atoms with Crippen LogP contribution in [0.25, 0.3) is 0 Å². The average Bonchev–Trinajstić information content (AvgIpc) is 2.64. The van der Waals surface area contributed by atoms with Gasteiger partial charge in [-0.15, -0.1) is 0 Å². The second-order valence-corrected chi connectivity index (χ2v) is 6.24. The first-order valence-corrected chi connectivity index (χ1v) is 7.12. The number of nitrogens with zero attached hydrogens (tertiary/aromatic N) is 1. The second-order valence-electron chi connectivity index (χ2n) is 6.24. The van der Waals surface area contributed by atoms with Crippen LogP contribution in [-0.2, 0) is 0 Å². The van der Waals surface area contributed by atoms with Crippen molar-refractivity contribution in [3.05, 3.63) is 0 Å². The summed E-state index contributed by atoms with van der Waals surface area (Å²) in [5.41, 5.74) is 0. The number of nitrogens with one attached hydrogen (secondary N) is 1. The summed E-state index contributed by atoms with van der Waals surface area (Å²) in [6.45, 7) is 10.9. The molecule has 0 aromatic heterocycles. The molecule has 2 aliphatic rings. The number of piperidine rings is 1. The van der Waals surface area contributed by atoms with Crippen molar-refractivity contribution in [1.82, 2.24) is 10.2 Å². The highest BCUT2D eigenvalue weighted by Gasteiger charge is 2.27. The van der Waals surface area contributed by atoms with Gasteiger partial charge in [0.05, 0.1) is 0 Å². The third-order valence-corrected chi connectivity index (χ3v) is 4.39. The average molecular weight is 224 g/mol. The van der Waals surface area contributed by atoms with E-state index >= 15 is 0 Å². The maximum atomic E-state index is 3.58. The van der Waals surface area contributed by atoms with Crippen LogP contribution in [-0.4, -0.2) is 36.6 Å². The van der Waals surface area contributed by atoms with Crippen LogP contribution in [0.5, 0.6) is 0 Å². The van der Waals surface area contributed by atoms with Gasteiger partial charge in [-0.3, -0.25) is 0 Å². The van der Waals surface area contributed by atoms with Crippen LogP contribution in [0.15, 0.2) is 0 Å². The molecule has 0 bridgehead atoms. The Morgan fingerprint density at radius 2 is 2.12 bits per heavy atom. The van der Waals surface area contributed by atoms with Gasteiger partial charge in [0.15, 0.2) is 0 Å². The molecular formula is C14H28N2. The molecule has 2 nitrogen and oxygen atoms in total. The predicted octanol–water partition coefficient (Wildman–Crippen LogP) is 2.49. The number of hydrogen-bond acceptors (Lipinski definition) is 2. The number of rotatable bonds is 3. The van der Waals surface area contributed by atoms with Gasteiger partial charge in [0.2, 0.25) is 0 Å². The molecule has 2 heteroatoms. The molecule has 0 aromatic rings. The summed E-state index contributed by atoms with van der Waals surface area (Å²) in [5, 5.41) is 3.58. The monoisotopic (exact) mass is 224 g/mol. The molecule has 0 aromatic carbocycles. The summed E-state index contributed by atoms with van der Waals surface area (Å²) in [6, 6.07) is 1.50. The third-order valence-electron chi connectivity index (χ3n) is 4.39. The van der Waals surface area contributed by atoms with Gasteiger partial charge in [-0.05, 0) is 71.4 Å². The minimum atomic E-state index is 0.739. The molecule has 2 fully saturated rings. The lowest BCUT2D eigenvalue weighted by molar-refractivity contribution is 0.127. The van der Waals surface area contributed by atoms with Crippen molar-refractivity contribution in [2.75, 3.05) is 19.6 Å². The van der Waals surface area contributed by atoms with Crippen LogP contribution >= 0.6 is 0 Å². The van der Waals surface area contributed by atoms with Crippen molar-refractivity contribution >= 4 is 0 Å². The van der Waals surface area contributed by atoms with Crippen molar-refractivity contribution in [1.29, 1.82) is 0 Å². The molecule has 3 unspecified atom stereocenters. The minimum Gasteiger partial charge on any atom is -0.314 e. The van der Waals surface area contributed by atoms with E-state index in [9.17, 15) is 0 Å². The lowest BCUT2D eigenvalue weighted by Gasteiger charge is -2.36. The maximum Gasteiger partial charge on any atom is 0.00419 e. The Kier molecular flexibility index (Phi) is 4.26. The van der Waals surface area contributed by atoms with Crippen LogP contribution < -0.4 is 5.32 Å². The highest BCUT2D eigenvalue weighted by Crippen LogP contribution is 2.28. The van der Waals surface area contributed by atoms with Gasteiger partial charge in [0.25, 0.3) is 0 Å². The summed E-state index contributed by atoms with van der Waals surface area (Å²) < 4.78 is 0. The fourth-order valence-corrected chi connectivity index (χ4v) is 3.44. The number of hydrogen-bond donors (Lipinski definition) is 1. The first-order chi connectivity index (χ1) is 7.65. The Balaban J connectivity index is 1.77. The van der Waals surface area contributed by atoms with E-state index in [-0.39, 0.29) is 0 Å². The van der Waals surface area contributed by atoms with Gasteiger partial charge >= 0.3 is 0 Å². The maximum absolute atomic E-state index is 3.58. The van der Waals surface area contributed by atoms with E-state index in [1.807, 2.05) is 0 Å². The SMILES string of the molecule is CC1CC(CC2CCCN(C(C)C)C2)CN1. The third kappa shape index (κ3) is 3.21. The summed E-state index contributed by atoms with van der Waals surface area (Å²) >= 11 is 0. The summed E-state index contributed by atoms with van der Waals surface area (Å²) in [5.74, 6) is 1.92.